The van der Waals surface area contributed by atoms with Crippen molar-refractivity contribution in [2.45, 2.75) is 25.7 Å². The molecular formula is C81H62N4. The number of aromatic nitrogens is 4. The molecule has 0 radical (unpaired) electrons. The third-order valence-electron chi connectivity index (χ3n) is 16.0. The van der Waals surface area contributed by atoms with Gasteiger partial charge in [0.2, 0.25) is 0 Å². The van der Waals surface area contributed by atoms with Crippen molar-refractivity contribution in [3.8, 4) is 89.5 Å². The molecule has 0 unspecified atom stereocenters. The third kappa shape index (κ3) is 11.3. The van der Waals surface area contributed by atoms with E-state index in [1.165, 1.54) is 10.8 Å². The monoisotopic (exact) mass is 1090 g/mol. The Morgan fingerprint density at radius 3 is 1.32 bits per heavy atom. The van der Waals surface area contributed by atoms with E-state index in [2.05, 4.69) is 303 Å². The van der Waals surface area contributed by atoms with Gasteiger partial charge in [0.05, 0.1) is 11.0 Å². The number of allylic oxidation sites excluding steroid dienone is 6. The zero-order valence-electron chi connectivity index (χ0n) is 47.4. The first-order chi connectivity index (χ1) is 42.1. The Morgan fingerprint density at radius 1 is 0.353 bits per heavy atom. The number of para-hydroxylation sites is 1. The average Bonchev–Trinajstić information content (AvgIpc) is 1.96. The number of benzene rings is 11. The molecule has 0 amide bonds. The highest BCUT2D eigenvalue weighted by Gasteiger charge is 2.25. The van der Waals surface area contributed by atoms with Crippen LogP contribution in [0.3, 0.4) is 0 Å². The quantitative estimate of drug-likeness (QED) is 0.0489. The van der Waals surface area contributed by atoms with Crippen molar-refractivity contribution in [2.75, 3.05) is 0 Å². The minimum absolute atomic E-state index is 0.512. The highest BCUT2D eigenvalue weighted by Crippen LogP contribution is 2.47. The standard InChI is InChI=1S/C81H62N4/c1-3-5-6-28-46-76(85-77-71(63-38-22-11-23-39-63)44-29-45-72(77)75-56-69(61-36-20-10-21-37-61)55-74(78(75)85)65-42-26-13-27-43-65)73(64-40-24-12-25-41-64)54-57(4-2)79-82-80(66-49-47-62(48-50-66)58-30-14-7-15-31-58)84-81(83-79)70-52-67(59-32-16-8-17-33-59)51-68(53-70)60-34-18-9-19-35-60/h3-4,7-27,29-45,47-56H,1-2,5-6,28,46H2/b57-54+,76-73-. The molecule has 0 aliphatic carbocycles. The van der Waals surface area contributed by atoms with Gasteiger partial charge in [-0.3, -0.25) is 0 Å². The molecule has 0 aliphatic heterocycles. The number of unbranched alkanes of at least 4 members (excludes halogenated alkanes) is 2. The number of fused-ring (bicyclic) bond motifs is 3. The second kappa shape index (κ2) is 24.7. The van der Waals surface area contributed by atoms with Crippen LogP contribution in [0.15, 0.2) is 317 Å². The minimum Gasteiger partial charge on any atom is -0.311 e. The number of hydrogen-bond acceptors (Lipinski definition) is 3. The van der Waals surface area contributed by atoms with Crippen molar-refractivity contribution in [2.24, 2.45) is 0 Å². The molecule has 406 valence electrons. The molecule has 4 nitrogen and oxygen atoms in total. The molecule has 13 aromatic rings. The zero-order chi connectivity index (χ0) is 57.3. The fourth-order valence-corrected chi connectivity index (χ4v) is 11.8. The lowest BCUT2D eigenvalue weighted by Gasteiger charge is -2.21. The van der Waals surface area contributed by atoms with Crippen molar-refractivity contribution >= 4 is 38.6 Å². The molecule has 0 bridgehead atoms. The molecule has 2 aromatic heterocycles. The first-order valence-electron chi connectivity index (χ1n) is 29.3. The maximum Gasteiger partial charge on any atom is 0.164 e. The Hall–Kier alpha value is -10.8. The smallest absolute Gasteiger partial charge is 0.164 e. The Kier molecular flexibility index (Phi) is 15.6. The van der Waals surface area contributed by atoms with Crippen LogP contribution in [0, 0.1) is 0 Å². The maximum absolute atomic E-state index is 5.53. The van der Waals surface area contributed by atoms with E-state index in [1.807, 2.05) is 18.2 Å². The van der Waals surface area contributed by atoms with E-state index in [-0.39, 0.29) is 0 Å². The molecule has 0 fully saturated rings. The lowest BCUT2D eigenvalue weighted by atomic mass is 9.94. The van der Waals surface area contributed by atoms with Crippen LogP contribution in [0.2, 0.25) is 0 Å². The van der Waals surface area contributed by atoms with E-state index >= 15 is 0 Å². The summed E-state index contributed by atoms with van der Waals surface area (Å²) in [7, 11) is 0. The van der Waals surface area contributed by atoms with Crippen LogP contribution in [0.5, 0.6) is 0 Å². The molecule has 13 rings (SSSR count). The van der Waals surface area contributed by atoms with Crippen LogP contribution in [0.4, 0.5) is 0 Å². The first kappa shape index (κ1) is 53.5. The zero-order valence-corrected chi connectivity index (χ0v) is 47.4. The average molecular weight is 1090 g/mol. The van der Waals surface area contributed by atoms with Crippen molar-refractivity contribution in [3.05, 3.63) is 328 Å². The Balaban J connectivity index is 1.12. The van der Waals surface area contributed by atoms with Gasteiger partial charge in [0.15, 0.2) is 17.5 Å². The lowest BCUT2D eigenvalue weighted by Crippen LogP contribution is -2.05. The van der Waals surface area contributed by atoms with Crippen LogP contribution in [-0.2, 0) is 0 Å². The molecule has 0 aliphatic rings. The Morgan fingerprint density at radius 2 is 0.788 bits per heavy atom. The Labute approximate surface area is 498 Å². The second-order valence-corrected chi connectivity index (χ2v) is 21.4. The summed E-state index contributed by atoms with van der Waals surface area (Å²) in [4.78, 5) is 16.4. The van der Waals surface area contributed by atoms with Crippen LogP contribution in [0.25, 0.3) is 128 Å². The highest BCUT2D eigenvalue weighted by molar-refractivity contribution is 6.20. The molecular weight excluding hydrogens is 1030 g/mol. The maximum atomic E-state index is 5.53. The Bertz CT molecular complexity index is 4490. The summed E-state index contributed by atoms with van der Waals surface area (Å²) < 4.78 is 2.61. The highest BCUT2D eigenvalue weighted by atomic mass is 15.0. The van der Waals surface area contributed by atoms with Crippen molar-refractivity contribution < 1.29 is 0 Å². The van der Waals surface area contributed by atoms with Crippen LogP contribution in [-0.4, -0.2) is 19.5 Å². The number of hydrogen-bond donors (Lipinski definition) is 0. The van der Waals surface area contributed by atoms with E-state index in [9.17, 15) is 0 Å². The van der Waals surface area contributed by atoms with Crippen LogP contribution < -0.4 is 0 Å². The van der Waals surface area contributed by atoms with Crippen LogP contribution in [0.1, 0.15) is 37.1 Å². The van der Waals surface area contributed by atoms with E-state index in [0.717, 1.165) is 137 Å². The van der Waals surface area contributed by atoms with Gasteiger partial charge in [-0.05, 0) is 123 Å². The third-order valence-corrected chi connectivity index (χ3v) is 16.0. The van der Waals surface area contributed by atoms with Crippen molar-refractivity contribution in [1.29, 1.82) is 0 Å². The number of nitrogens with zero attached hydrogens (tertiary/aromatic N) is 4. The first-order valence-corrected chi connectivity index (χ1v) is 29.3. The summed E-state index contributed by atoms with van der Waals surface area (Å²) in [6, 6.07) is 102. The molecule has 0 spiro atoms. The number of rotatable bonds is 18. The summed E-state index contributed by atoms with van der Waals surface area (Å²) in [5.41, 5.74) is 21.5. The van der Waals surface area contributed by atoms with Crippen molar-refractivity contribution in [1.82, 2.24) is 19.5 Å². The minimum atomic E-state index is 0.512. The van der Waals surface area contributed by atoms with Gasteiger partial charge in [-0.15, -0.1) is 6.58 Å². The molecule has 2 heterocycles. The van der Waals surface area contributed by atoms with Gasteiger partial charge in [0, 0.05) is 49.9 Å². The summed E-state index contributed by atoms with van der Waals surface area (Å²) in [5.74, 6) is 1.63. The fourth-order valence-electron chi connectivity index (χ4n) is 11.8. The van der Waals surface area contributed by atoms with E-state index in [4.69, 9.17) is 15.0 Å². The largest absolute Gasteiger partial charge is 0.311 e. The summed E-state index contributed by atoms with van der Waals surface area (Å²) in [6.07, 6.45) is 9.76. The van der Waals surface area contributed by atoms with Gasteiger partial charge in [0.25, 0.3) is 0 Å². The molecule has 11 aromatic carbocycles. The van der Waals surface area contributed by atoms with E-state index < -0.39 is 0 Å². The van der Waals surface area contributed by atoms with E-state index in [1.54, 1.807) is 0 Å². The normalized spacial score (nSPS) is 11.8. The molecule has 85 heavy (non-hydrogen) atoms. The molecule has 0 atom stereocenters. The molecule has 4 heteroatoms. The van der Waals surface area contributed by atoms with Gasteiger partial charge in [0.1, 0.15) is 0 Å². The molecule has 0 saturated carbocycles. The van der Waals surface area contributed by atoms with Crippen LogP contribution >= 0.6 is 0 Å². The summed E-state index contributed by atoms with van der Waals surface area (Å²) in [5, 5.41) is 2.35. The van der Waals surface area contributed by atoms with Gasteiger partial charge >= 0.3 is 0 Å². The second-order valence-electron chi connectivity index (χ2n) is 21.4. The fraction of sp³-hybridized carbons (Fsp3) is 0.0494. The van der Waals surface area contributed by atoms with Gasteiger partial charge in [-0.25, -0.2) is 15.0 Å². The predicted octanol–water partition coefficient (Wildman–Crippen LogP) is 21.7. The van der Waals surface area contributed by atoms with Gasteiger partial charge in [-0.2, -0.15) is 0 Å². The topological polar surface area (TPSA) is 43.6 Å². The molecule has 0 N–H and O–H groups in total. The van der Waals surface area contributed by atoms with Gasteiger partial charge in [-0.1, -0.05) is 274 Å². The molecule has 0 saturated heterocycles. The lowest BCUT2D eigenvalue weighted by molar-refractivity contribution is 0.758. The van der Waals surface area contributed by atoms with Gasteiger partial charge < -0.3 is 4.57 Å². The van der Waals surface area contributed by atoms with Crippen molar-refractivity contribution in [3.63, 3.8) is 0 Å². The van der Waals surface area contributed by atoms with E-state index in [0.29, 0.717) is 17.5 Å². The SMILES string of the molecule is C=CCCCC/C(=C(\C=C(/C=C)c1nc(-c2ccc(-c3ccccc3)cc2)nc(-c2cc(-c3ccccc3)cc(-c3ccccc3)c2)n1)c1ccccc1)n1c2c(-c3ccccc3)cccc2c2cc(-c3ccccc3)cc(-c3ccccc3)c21. The summed E-state index contributed by atoms with van der Waals surface area (Å²) in [6.45, 7) is 8.75. The summed E-state index contributed by atoms with van der Waals surface area (Å²) >= 11 is 0. The predicted molar refractivity (Wildman–Crippen MR) is 359 cm³/mol.